The average molecular weight is 394 g/mol. The van der Waals surface area contributed by atoms with Gasteiger partial charge in [-0.15, -0.1) is 11.3 Å². The molecule has 0 bridgehead atoms. The molecule has 0 radical (unpaired) electrons. The van der Waals surface area contributed by atoms with Gasteiger partial charge in [-0.05, 0) is 48.5 Å². The van der Waals surface area contributed by atoms with Crippen molar-refractivity contribution in [3.63, 3.8) is 0 Å². The van der Waals surface area contributed by atoms with Crippen LogP contribution in [-0.4, -0.2) is 18.5 Å². The van der Waals surface area contributed by atoms with Gasteiger partial charge in [0.15, 0.2) is 0 Å². The van der Waals surface area contributed by atoms with Crippen LogP contribution in [0.15, 0.2) is 0 Å². The minimum Gasteiger partial charge on any atom is -0.462 e. The van der Waals surface area contributed by atoms with Crippen molar-refractivity contribution in [1.29, 1.82) is 0 Å². The van der Waals surface area contributed by atoms with Gasteiger partial charge in [-0.3, -0.25) is 4.79 Å². The Labute approximate surface area is 168 Å². The van der Waals surface area contributed by atoms with Crippen molar-refractivity contribution < 1.29 is 14.3 Å². The number of carbonyl (C=O) groups excluding carboxylic acids is 2. The molecule has 2 rings (SSSR count). The van der Waals surface area contributed by atoms with Crippen LogP contribution in [0.4, 0.5) is 5.00 Å². The van der Waals surface area contributed by atoms with E-state index in [1.165, 1.54) is 4.88 Å². The van der Waals surface area contributed by atoms with Crippen LogP contribution in [-0.2, 0) is 22.4 Å². The Kier molecular flexibility index (Phi) is 6.77. The highest BCUT2D eigenvalue weighted by Crippen LogP contribution is 2.45. The molecule has 1 aliphatic rings. The molecule has 1 aromatic rings. The molecule has 1 amide bonds. The Morgan fingerprint density at radius 3 is 2.41 bits per heavy atom. The summed E-state index contributed by atoms with van der Waals surface area (Å²) in [5, 5.41) is 3.68. The van der Waals surface area contributed by atoms with E-state index < -0.39 is 0 Å². The molecule has 5 heteroatoms. The Morgan fingerprint density at radius 2 is 1.85 bits per heavy atom. The van der Waals surface area contributed by atoms with Gasteiger partial charge in [-0.25, -0.2) is 4.79 Å². The Morgan fingerprint density at radius 1 is 1.19 bits per heavy atom. The van der Waals surface area contributed by atoms with Crippen LogP contribution in [0.25, 0.3) is 0 Å². The van der Waals surface area contributed by atoms with Gasteiger partial charge in [0.2, 0.25) is 5.91 Å². The van der Waals surface area contributed by atoms with Gasteiger partial charge >= 0.3 is 5.97 Å². The van der Waals surface area contributed by atoms with Gasteiger partial charge in [-0.2, -0.15) is 0 Å². The minimum atomic E-state index is -0.311. The SMILES string of the molecule is CCOC(=O)c1c(NC(=O)CC(C)(C)C)sc2c1CC[C@@H](C(C)(C)CC)C2. The van der Waals surface area contributed by atoms with E-state index in [0.717, 1.165) is 31.2 Å². The number of esters is 1. The summed E-state index contributed by atoms with van der Waals surface area (Å²) in [6.07, 6.45) is 4.49. The number of hydrogen-bond donors (Lipinski definition) is 1. The van der Waals surface area contributed by atoms with E-state index in [9.17, 15) is 9.59 Å². The predicted molar refractivity (Wildman–Crippen MR) is 113 cm³/mol. The van der Waals surface area contributed by atoms with E-state index in [1.807, 2.05) is 27.7 Å². The van der Waals surface area contributed by atoms with Crippen molar-refractivity contribution in [2.75, 3.05) is 11.9 Å². The highest BCUT2D eigenvalue weighted by atomic mass is 32.1. The summed E-state index contributed by atoms with van der Waals surface area (Å²) in [7, 11) is 0. The van der Waals surface area contributed by atoms with E-state index in [-0.39, 0.29) is 22.7 Å². The van der Waals surface area contributed by atoms with Gasteiger partial charge in [0, 0.05) is 11.3 Å². The molecule has 1 aromatic heterocycles. The summed E-state index contributed by atoms with van der Waals surface area (Å²) in [4.78, 5) is 26.4. The topological polar surface area (TPSA) is 55.4 Å². The second-order valence-electron chi connectivity index (χ2n) is 9.50. The van der Waals surface area contributed by atoms with Crippen molar-refractivity contribution in [3.05, 3.63) is 16.0 Å². The fourth-order valence-electron chi connectivity index (χ4n) is 3.70. The maximum absolute atomic E-state index is 12.6. The molecular formula is C22H35NO3S. The molecule has 1 atom stereocenters. The number of thiophene rings is 1. The smallest absolute Gasteiger partial charge is 0.341 e. The fraction of sp³-hybridized carbons (Fsp3) is 0.727. The minimum absolute atomic E-state index is 0.0444. The Hall–Kier alpha value is -1.36. The number of rotatable bonds is 6. The number of carbonyl (C=O) groups is 2. The number of ether oxygens (including phenoxy) is 1. The molecule has 0 saturated heterocycles. The summed E-state index contributed by atoms with van der Waals surface area (Å²) in [5.74, 6) is 0.244. The highest BCUT2D eigenvalue weighted by Gasteiger charge is 2.35. The van der Waals surface area contributed by atoms with E-state index in [0.29, 0.717) is 29.5 Å². The normalized spacial score (nSPS) is 17.4. The van der Waals surface area contributed by atoms with Crippen LogP contribution in [0.3, 0.4) is 0 Å². The first-order chi connectivity index (χ1) is 12.5. The molecule has 152 valence electrons. The lowest BCUT2D eigenvalue weighted by atomic mass is 9.69. The number of hydrogen-bond acceptors (Lipinski definition) is 4. The molecule has 0 saturated carbocycles. The standard InChI is InChI=1S/C22H35NO3S/c1-8-22(6,7)14-10-11-15-16(12-14)27-19(18(15)20(25)26-9-2)23-17(24)13-21(3,4)5/h14H,8-13H2,1-7H3,(H,23,24)/t14-/m1/s1. The molecular weight excluding hydrogens is 358 g/mol. The molecule has 1 N–H and O–H groups in total. The zero-order chi connectivity index (χ0) is 20.4. The van der Waals surface area contributed by atoms with Crippen molar-refractivity contribution in [3.8, 4) is 0 Å². The second kappa shape index (κ2) is 8.34. The molecule has 4 nitrogen and oxygen atoms in total. The molecule has 27 heavy (non-hydrogen) atoms. The molecule has 0 aliphatic heterocycles. The van der Waals surface area contributed by atoms with Gasteiger partial charge in [0.1, 0.15) is 5.00 Å². The van der Waals surface area contributed by atoms with E-state index >= 15 is 0 Å². The first-order valence-corrected chi connectivity index (χ1v) is 10.9. The van der Waals surface area contributed by atoms with Gasteiger partial charge in [0.25, 0.3) is 0 Å². The van der Waals surface area contributed by atoms with Crippen molar-refractivity contribution >= 4 is 28.2 Å². The average Bonchev–Trinajstić information content (AvgIpc) is 2.89. The summed E-state index contributed by atoms with van der Waals surface area (Å²) in [6, 6.07) is 0. The molecule has 0 spiro atoms. The van der Waals surface area contributed by atoms with Crippen LogP contribution in [0, 0.1) is 16.7 Å². The zero-order valence-corrected chi connectivity index (χ0v) is 18.8. The molecule has 0 aromatic carbocycles. The largest absolute Gasteiger partial charge is 0.462 e. The molecule has 1 aliphatic carbocycles. The van der Waals surface area contributed by atoms with Crippen LogP contribution < -0.4 is 5.32 Å². The first-order valence-electron chi connectivity index (χ1n) is 10.1. The second-order valence-corrected chi connectivity index (χ2v) is 10.6. The monoisotopic (exact) mass is 393 g/mol. The van der Waals surface area contributed by atoms with E-state index in [1.54, 1.807) is 11.3 Å². The lowest BCUT2D eigenvalue weighted by Crippen LogP contribution is -2.28. The van der Waals surface area contributed by atoms with E-state index in [4.69, 9.17) is 4.74 Å². The number of anilines is 1. The lowest BCUT2D eigenvalue weighted by Gasteiger charge is -2.36. The van der Waals surface area contributed by atoms with Crippen molar-refractivity contribution in [1.82, 2.24) is 0 Å². The summed E-state index contributed by atoms with van der Waals surface area (Å²) >= 11 is 1.57. The third kappa shape index (κ3) is 5.34. The van der Waals surface area contributed by atoms with E-state index in [2.05, 4.69) is 26.1 Å². The zero-order valence-electron chi connectivity index (χ0n) is 18.0. The maximum Gasteiger partial charge on any atom is 0.341 e. The Bertz CT molecular complexity index is 697. The van der Waals surface area contributed by atoms with Gasteiger partial charge in [-0.1, -0.05) is 48.0 Å². The molecule has 1 heterocycles. The first kappa shape index (κ1) is 21.9. The quantitative estimate of drug-likeness (QED) is 0.618. The number of nitrogens with one attached hydrogen (secondary N) is 1. The van der Waals surface area contributed by atoms with Crippen LogP contribution in [0.2, 0.25) is 0 Å². The lowest BCUT2D eigenvalue weighted by molar-refractivity contribution is -0.117. The summed E-state index contributed by atoms with van der Waals surface area (Å²) < 4.78 is 5.31. The fourth-order valence-corrected chi connectivity index (χ4v) is 5.03. The third-order valence-electron chi connectivity index (χ3n) is 5.71. The van der Waals surface area contributed by atoms with Crippen molar-refractivity contribution in [2.24, 2.45) is 16.7 Å². The number of fused-ring (bicyclic) bond motifs is 1. The molecule has 0 unspecified atom stereocenters. The van der Waals surface area contributed by atoms with Crippen molar-refractivity contribution in [2.45, 2.75) is 80.6 Å². The number of amides is 1. The van der Waals surface area contributed by atoms with Crippen LogP contribution in [0.1, 0.15) is 88.5 Å². The van der Waals surface area contributed by atoms with Crippen LogP contribution in [0.5, 0.6) is 0 Å². The predicted octanol–water partition coefficient (Wildman–Crippen LogP) is 5.84. The third-order valence-corrected chi connectivity index (χ3v) is 6.87. The van der Waals surface area contributed by atoms with Crippen LogP contribution >= 0.6 is 11.3 Å². The summed E-state index contributed by atoms with van der Waals surface area (Å²) in [5.41, 5.74) is 1.86. The van der Waals surface area contributed by atoms with Gasteiger partial charge in [0.05, 0.1) is 12.2 Å². The maximum atomic E-state index is 12.6. The molecule has 0 fully saturated rings. The highest BCUT2D eigenvalue weighted by molar-refractivity contribution is 7.17. The van der Waals surface area contributed by atoms with Gasteiger partial charge < -0.3 is 10.1 Å². The Balaban J connectivity index is 2.34. The summed E-state index contributed by atoms with van der Waals surface area (Å²) in [6.45, 7) is 15.2.